The van der Waals surface area contributed by atoms with Crippen LogP contribution in [0.5, 0.6) is 0 Å². The molecule has 1 aromatic rings. The highest BCUT2D eigenvalue weighted by molar-refractivity contribution is 5.31. The SMILES string of the molecule is C#CCCCC(NCC)C1OCCc2ccccc21. The van der Waals surface area contributed by atoms with Gasteiger partial charge in [-0.05, 0) is 36.9 Å². The van der Waals surface area contributed by atoms with E-state index >= 15 is 0 Å². The number of likely N-dealkylation sites (N-methyl/N-ethyl adjacent to an activating group) is 1. The molecule has 2 heteroatoms. The van der Waals surface area contributed by atoms with Gasteiger partial charge in [-0.2, -0.15) is 0 Å². The van der Waals surface area contributed by atoms with Crippen LogP contribution in [0.25, 0.3) is 0 Å². The molecule has 19 heavy (non-hydrogen) atoms. The summed E-state index contributed by atoms with van der Waals surface area (Å²) < 4.78 is 6.04. The maximum absolute atomic E-state index is 6.04. The van der Waals surface area contributed by atoms with E-state index in [2.05, 4.69) is 42.4 Å². The van der Waals surface area contributed by atoms with E-state index in [1.165, 1.54) is 11.1 Å². The van der Waals surface area contributed by atoms with E-state index in [1.807, 2.05) is 0 Å². The van der Waals surface area contributed by atoms with Gasteiger partial charge in [0.1, 0.15) is 0 Å². The topological polar surface area (TPSA) is 21.3 Å². The summed E-state index contributed by atoms with van der Waals surface area (Å²) in [6.07, 6.45) is 9.50. The number of hydrogen-bond acceptors (Lipinski definition) is 2. The van der Waals surface area contributed by atoms with Crippen molar-refractivity contribution >= 4 is 0 Å². The Labute approximate surface area is 116 Å². The minimum absolute atomic E-state index is 0.169. The molecule has 1 aliphatic rings. The first-order chi connectivity index (χ1) is 9.36. The Hall–Kier alpha value is -1.30. The molecule has 1 aromatic carbocycles. The third-order valence-corrected chi connectivity index (χ3v) is 3.70. The summed E-state index contributed by atoms with van der Waals surface area (Å²) >= 11 is 0. The van der Waals surface area contributed by atoms with Gasteiger partial charge in [-0.15, -0.1) is 12.3 Å². The first-order valence-electron chi connectivity index (χ1n) is 7.23. The van der Waals surface area contributed by atoms with Crippen LogP contribution in [0, 0.1) is 12.3 Å². The average molecular weight is 257 g/mol. The molecule has 0 saturated carbocycles. The van der Waals surface area contributed by atoms with Crippen molar-refractivity contribution in [2.45, 2.75) is 44.8 Å². The Morgan fingerprint density at radius 1 is 1.47 bits per heavy atom. The minimum Gasteiger partial charge on any atom is -0.372 e. The number of terminal acetylenes is 1. The van der Waals surface area contributed by atoms with Gasteiger partial charge >= 0.3 is 0 Å². The lowest BCUT2D eigenvalue weighted by atomic mass is 9.91. The summed E-state index contributed by atoms with van der Waals surface area (Å²) in [5, 5.41) is 3.56. The molecule has 2 rings (SSSR count). The predicted molar refractivity (Wildman–Crippen MR) is 79.0 cm³/mol. The number of hydrogen-bond donors (Lipinski definition) is 1. The molecule has 0 fully saturated rings. The molecule has 1 N–H and O–H groups in total. The van der Waals surface area contributed by atoms with Crippen molar-refractivity contribution in [3.63, 3.8) is 0 Å². The fraction of sp³-hybridized carbons (Fsp3) is 0.529. The largest absolute Gasteiger partial charge is 0.372 e. The number of nitrogens with one attached hydrogen (secondary N) is 1. The second kappa shape index (κ2) is 7.33. The van der Waals surface area contributed by atoms with Crippen molar-refractivity contribution in [3.05, 3.63) is 35.4 Å². The van der Waals surface area contributed by atoms with Crippen LogP contribution in [-0.4, -0.2) is 19.2 Å². The van der Waals surface area contributed by atoms with E-state index in [0.717, 1.165) is 38.8 Å². The molecule has 0 amide bonds. The normalized spacial score (nSPS) is 19.5. The van der Waals surface area contributed by atoms with Gasteiger partial charge < -0.3 is 10.1 Å². The maximum atomic E-state index is 6.04. The van der Waals surface area contributed by atoms with E-state index in [4.69, 9.17) is 11.2 Å². The first-order valence-corrected chi connectivity index (χ1v) is 7.23. The molecule has 0 radical (unpaired) electrons. The van der Waals surface area contributed by atoms with Gasteiger partial charge in [-0.1, -0.05) is 31.2 Å². The molecule has 0 saturated heterocycles. The van der Waals surface area contributed by atoms with E-state index in [0.29, 0.717) is 6.04 Å². The predicted octanol–water partition coefficient (Wildman–Crippen LogP) is 3.08. The lowest BCUT2D eigenvalue weighted by Gasteiger charge is -2.33. The second-order valence-electron chi connectivity index (χ2n) is 5.00. The van der Waals surface area contributed by atoms with Gasteiger partial charge in [0.2, 0.25) is 0 Å². The molecule has 2 nitrogen and oxygen atoms in total. The van der Waals surface area contributed by atoms with Crippen LogP contribution >= 0.6 is 0 Å². The lowest BCUT2D eigenvalue weighted by molar-refractivity contribution is 0.0133. The van der Waals surface area contributed by atoms with E-state index in [9.17, 15) is 0 Å². The molecule has 2 unspecified atom stereocenters. The van der Waals surface area contributed by atoms with Gasteiger partial charge in [0.05, 0.1) is 12.7 Å². The number of rotatable bonds is 6. The molecule has 2 atom stereocenters. The van der Waals surface area contributed by atoms with E-state index < -0.39 is 0 Å². The molecular formula is C17H23NO. The lowest BCUT2D eigenvalue weighted by Crippen LogP contribution is -2.38. The quantitative estimate of drug-likeness (QED) is 0.624. The number of fused-ring (bicyclic) bond motifs is 1. The summed E-state index contributed by atoms with van der Waals surface area (Å²) in [7, 11) is 0. The highest BCUT2D eigenvalue weighted by Crippen LogP contribution is 2.31. The fourth-order valence-electron chi connectivity index (χ4n) is 2.80. The second-order valence-corrected chi connectivity index (χ2v) is 5.00. The standard InChI is InChI=1S/C17H23NO/c1-3-5-6-11-16(18-4-2)17-15-10-8-7-9-14(15)12-13-19-17/h1,7-10,16-18H,4-6,11-13H2,2H3. The highest BCUT2D eigenvalue weighted by Gasteiger charge is 2.27. The zero-order chi connectivity index (χ0) is 13.5. The monoisotopic (exact) mass is 257 g/mol. The van der Waals surface area contributed by atoms with Crippen LogP contribution in [0.15, 0.2) is 24.3 Å². The molecule has 1 aliphatic heterocycles. The Kier molecular flexibility index (Phi) is 5.44. The summed E-state index contributed by atoms with van der Waals surface area (Å²) in [5.41, 5.74) is 2.78. The fourth-order valence-corrected chi connectivity index (χ4v) is 2.80. The molecule has 102 valence electrons. The maximum Gasteiger partial charge on any atom is 0.0980 e. The van der Waals surface area contributed by atoms with Crippen molar-refractivity contribution in [2.24, 2.45) is 0 Å². The Morgan fingerprint density at radius 2 is 2.32 bits per heavy atom. The third kappa shape index (κ3) is 3.59. The Morgan fingerprint density at radius 3 is 3.11 bits per heavy atom. The number of ether oxygens (including phenoxy) is 1. The smallest absolute Gasteiger partial charge is 0.0980 e. The van der Waals surface area contributed by atoms with E-state index in [1.54, 1.807) is 0 Å². The van der Waals surface area contributed by atoms with Gasteiger partial charge in [0.25, 0.3) is 0 Å². The van der Waals surface area contributed by atoms with Crippen molar-refractivity contribution in [3.8, 4) is 12.3 Å². The van der Waals surface area contributed by atoms with Crippen molar-refractivity contribution < 1.29 is 4.74 Å². The molecule has 0 bridgehead atoms. The van der Waals surface area contributed by atoms with Crippen LogP contribution in [-0.2, 0) is 11.2 Å². The van der Waals surface area contributed by atoms with Crippen molar-refractivity contribution in [2.75, 3.05) is 13.2 Å². The number of benzene rings is 1. The molecule has 1 heterocycles. The third-order valence-electron chi connectivity index (χ3n) is 3.70. The molecular weight excluding hydrogens is 234 g/mol. The zero-order valence-electron chi connectivity index (χ0n) is 11.7. The van der Waals surface area contributed by atoms with Crippen molar-refractivity contribution in [1.29, 1.82) is 0 Å². The Balaban J connectivity index is 2.11. The van der Waals surface area contributed by atoms with Gasteiger partial charge in [-0.25, -0.2) is 0 Å². The molecule has 0 aliphatic carbocycles. The average Bonchev–Trinajstić information content (AvgIpc) is 2.46. The van der Waals surface area contributed by atoms with Crippen LogP contribution in [0.4, 0.5) is 0 Å². The first kappa shape index (κ1) is 14.1. The van der Waals surface area contributed by atoms with Crippen LogP contribution in [0.1, 0.15) is 43.4 Å². The van der Waals surface area contributed by atoms with Crippen LogP contribution < -0.4 is 5.32 Å². The van der Waals surface area contributed by atoms with Gasteiger partial charge in [-0.3, -0.25) is 0 Å². The van der Waals surface area contributed by atoms with E-state index in [-0.39, 0.29) is 6.10 Å². The van der Waals surface area contributed by atoms with Crippen LogP contribution in [0.3, 0.4) is 0 Å². The summed E-state index contributed by atoms with van der Waals surface area (Å²) in [5.74, 6) is 2.72. The Bertz CT molecular complexity index is 435. The summed E-state index contributed by atoms with van der Waals surface area (Å²) in [6, 6.07) is 8.99. The zero-order valence-corrected chi connectivity index (χ0v) is 11.7. The van der Waals surface area contributed by atoms with Crippen molar-refractivity contribution in [1.82, 2.24) is 5.32 Å². The summed E-state index contributed by atoms with van der Waals surface area (Å²) in [4.78, 5) is 0. The van der Waals surface area contributed by atoms with Gasteiger partial charge in [0, 0.05) is 12.5 Å². The summed E-state index contributed by atoms with van der Waals surface area (Å²) in [6.45, 7) is 3.92. The molecule has 0 spiro atoms. The highest BCUT2D eigenvalue weighted by atomic mass is 16.5. The number of unbranched alkanes of at least 4 members (excludes halogenated alkanes) is 1. The molecule has 0 aromatic heterocycles. The van der Waals surface area contributed by atoms with Gasteiger partial charge in [0.15, 0.2) is 0 Å². The minimum atomic E-state index is 0.169. The van der Waals surface area contributed by atoms with Crippen LogP contribution in [0.2, 0.25) is 0 Å².